The molecule has 2 heterocycles. The molecule has 0 atom stereocenters. The predicted octanol–water partition coefficient (Wildman–Crippen LogP) is 3.15. The van der Waals surface area contributed by atoms with Gasteiger partial charge in [0.05, 0.1) is 17.5 Å². The molecule has 3 rings (SSSR count). The summed E-state index contributed by atoms with van der Waals surface area (Å²) in [5.41, 5.74) is -1.39. The largest absolute Gasteiger partial charge is 0.416 e. The van der Waals surface area contributed by atoms with E-state index in [2.05, 4.69) is 4.98 Å². The number of ether oxygens (including phenoxy) is 1. The lowest BCUT2D eigenvalue weighted by Crippen LogP contribution is -2.48. The lowest BCUT2D eigenvalue weighted by atomic mass is 9.72. The highest BCUT2D eigenvalue weighted by Crippen LogP contribution is 2.39. The number of aromatic nitrogens is 2. The van der Waals surface area contributed by atoms with Crippen LogP contribution < -0.4 is 0 Å². The van der Waals surface area contributed by atoms with Gasteiger partial charge in [0, 0.05) is 39.7 Å². The third kappa shape index (κ3) is 3.85. The van der Waals surface area contributed by atoms with Crippen molar-refractivity contribution in [2.45, 2.75) is 31.0 Å². The van der Waals surface area contributed by atoms with Gasteiger partial charge >= 0.3 is 6.18 Å². The van der Waals surface area contributed by atoms with Crippen molar-refractivity contribution >= 4 is 5.91 Å². The molecule has 1 fully saturated rings. The van der Waals surface area contributed by atoms with Crippen LogP contribution in [-0.4, -0.2) is 40.6 Å². The summed E-state index contributed by atoms with van der Waals surface area (Å²) in [5.74, 6) is 0.491. The maximum atomic E-state index is 13.4. The zero-order valence-electron chi connectivity index (χ0n) is 15.3. The summed E-state index contributed by atoms with van der Waals surface area (Å²) in [6.07, 6.45) is -0.338. The van der Waals surface area contributed by atoms with Crippen molar-refractivity contribution in [3.05, 3.63) is 53.6 Å². The molecule has 0 aliphatic carbocycles. The molecule has 8 heteroatoms. The maximum Gasteiger partial charge on any atom is 0.416 e. The topological polar surface area (TPSA) is 47.4 Å². The van der Waals surface area contributed by atoms with Crippen molar-refractivity contribution in [1.82, 2.24) is 14.5 Å². The second kappa shape index (κ2) is 7.34. The molecule has 1 amide bonds. The van der Waals surface area contributed by atoms with Crippen LogP contribution in [0.5, 0.6) is 0 Å². The molecule has 0 radical (unpaired) electrons. The van der Waals surface area contributed by atoms with Gasteiger partial charge in [-0.25, -0.2) is 4.98 Å². The first-order valence-corrected chi connectivity index (χ1v) is 8.71. The number of hydrogen-bond donors (Lipinski definition) is 0. The number of aryl methyl sites for hydroxylation is 1. The van der Waals surface area contributed by atoms with Gasteiger partial charge in [-0.1, -0.05) is 18.2 Å². The molecule has 0 spiro atoms. The molecule has 146 valence electrons. The number of nitrogens with zero attached hydrogens (tertiary/aromatic N) is 3. The van der Waals surface area contributed by atoms with Crippen LogP contribution in [0.15, 0.2) is 36.7 Å². The lowest BCUT2D eigenvalue weighted by Gasteiger charge is -2.39. The van der Waals surface area contributed by atoms with Gasteiger partial charge in [-0.2, -0.15) is 13.2 Å². The van der Waals surface area contributed by atoms with Gasteiger partial charge in [0.25, 0.3) is 0 Å². The number of imidazole rings is 1. The van der Waals surface area contributed by atoms with Gasteiger partial charge in [-0.15, -0.1) is 0 Å². The molecule has 0 N–H and O–H groups in total. The molecule has 1 aliphatic rings. The molecular weight excluding hydrogens is 359 g/mol. The van der Waals surface area contributed by atoms with Crippen molar-refractivity contribution in [2.24, 2.45) is 7.05 Å². The van der Waals surface area contributed by atoms with Crippen LogP contribution >= 0.6 is 0 Å². The van der Waals surface area contributed by atoms with Gasteiger partial charge in [-0.05, 0) is 24.5 Å². The smallest absolute Gasteiger partial charge is 0.381 e. The summed E-state index contributed by atoms with van der Waals surface area (Å²) in [7, 11) is 3.49. The number of amides is 1. The molecule has 2 aromatic rings. The van der Waals surface area contributed by atoms with E-state index in [1.165, 1.54) is 11.0 Å². The van der Waals surface area contributed by atoms with Crippen LogP contribution in [0.25, 0.3) is 0 Å². The van der Waals surface area contributed by atoms with Crippen LogP contribution in [0.4, 0.5) is 13.2 Å². The minimum Gasteiger partial charge on any atom is -0.381 e. The molecular formula is C19H22F3N3O2. The first-order valence-electron chi connectivity index (χ1n) is 8.71. The summed E-state index contributed by atoms with van der Waals surface area (Å²) in [6, 6.07) is 5.09. The number of carbonyl (C=O) groups excluding carboxylic acids is 1. The Kier molecular flexibility index (Phi) is 5.28. The minimum absolute atomic E-state index is 0.215. The van der Waals surface area contributed by atoms with Crippen LogP contribution in [0, 0.1) is 0 Å². The average molecular weight is 381 g/mol. The molecule has 1 aromatic carbocycles. The monoisotopic (exact) mass is 381 g/mol. The van der Waals surface area contributed by atoms with Gasteiger partial charge in [0.1, 0.15) is 5.82 Å². The second-order valence-corrected chi connectivity index (χ2v) is 6.89. The summed E-state index contributed by atoms with van der Waals surface area (Å²) in [6.45, 7) is 0.945. The van der Waals surface area contributed by atoms with Crippen LogP contribution in [0.1, 0.15) is 29.8 Å². The van der Waals surface area contributed by atoms with Crippen LogP contribution in [0.2, 0.25) is 0 Å². The number of rotatable bonds is 4. The first kappa shape index (κ1) is 19.4. The lowest BCUT2D eigenvalue weighted by molar-refractivity contribution is -0.141. The van der Waals surface area contributed by atoms with Crippen molar-refractivity contribution in [3.8, 4) is 0 Å². The van der Waals surface area contributed by atoms with Gasteiger partial charge in [0.2, 0.25) is 5.91 Å². The number of hydrogen-bond acceptors (Lipinski definition) is 3. The molecule has 5 nitrogen and oxygen atoms in total. The fraction of sp³-hybridized carbons (Fsp3) is 0.474. The molecule has 0 unspecified atom stereocenters. The van der Waals surface area contributed by atoms with Crippen LogP contribution in [-0.2, 0) is 34.7 Å². The van der Waals surface area contributed by atoms with Gasteiger partial charge < -0.3 is 14.2 Å². The molecule has 0 saturated carbocycles. The third-order valence-corrected chi connectivity index (χ3v) is 5.14. The zero-order valence-corrected chi connectivity index (χ0v) is 15.3. The normalized spacial score (nSPS) is 16.9. The third-order valence-electron chi connectivity index (χ3n) is 5.14. The fourth-order valence-electron chi connectivity index (χ4n) is 3.54. The minimum atomic E-state index is -4.45. The molecule has 1 saturated heterocycles. The van der Waals surface area contributed by atoms with E-state index < -0.39 is 17.2 Å². The number of alkyl halides is 3. The van der Waals surface area contributed by atoms with E-state index in [1.807, 2.05) is 11.6 Å². The molecule has 0 bridgehead atoms. The second-order valence-electron chi connectivity index (χ2n) is 6.89. The van der Waals surface area contributed by atoms with E-state index >= 15 is 0 Å². The standard InChI is InChI=1S/C19H22F3N3O2/c1-24-9-8-23-16(24)13-25(2)17(26)18(6-10-27-11-7-18)14-4-3-5-15(12-14)19(20,21)22/h3-5,8-9,12H,6-7,10-11,13H2,1-2H3. The Balaban J connectivity index is 1.95. The van der Waals surface area contributed by atoms with Gasteiger partial charge in [-0.3, -0.25) is 4.79 Å². The highest BCUT2D eigenvalue weighted by molar-refractivity contribution is 5.88. The Morgan fingerprint density at radius 3 is 2.63 bits per heavy atom. The van der Waals surface area contributed by atoms with E-state index in [4.69, 9.17) is 4.74 Å². The Bertz CT molecular complexity index is 811. The predicted molar refractivity (Wildman–Crippen MR) is 92.9 cm³/mol. The van der Waals surface area contributed by atoms with Crippen molar-refractivity contribution in [1.29, 1.82) is 0 Å². The fourth-order valence-corrected chi connectivity index (χ4v) is 3.54. The van der Waals surface area contributed by atoms with E-state index in [9.17, 15) is 18.0 Å². The summed E-state index contributed by atoms with van der Waals surface area (Å²) >= 11 is 0. The first-order chi connectivity index (χ1) is 12.7. The van der Waals surface area contributed by atoms with E-state index in [1.54, 1.807) is 25.5 Å². The summed E-state index contributed by atoms with van der Waals surface area (Å²) in [4.78, 5) is 19.1. The number of likely N-dealkylation sites (N-methyl/N-ethyl adjacent to an activating group) is 1. The summed E-state index contributed by atoms with van der Waals surface area (Å²) < 4.78 is 46.8. The average Bonchev–Trinajstić information content (AvgIpc) is 3.05. The molecule has 27 heavy (non-hydrogen) atoms. The Hall–Kier alpha value is -2.35. The van der Waals surface area contributed by atoms with E-state index in [-0.39, 0.29) is 12.5 Å². The maximum absolute atomic E-state index is 13.4. The zero-order chi connectivity index (χ0) is 19.7. The number of halogens is 3. The number of carbonyl (C=O) groups is 1. The van der Waals surface area contributed by atoms with E-state index in [0.717, 1.165) is 12.1 Å². The SMILES string of the molecule is CN(Cc1nccn1C)C(=O)C1(c2cccc(C(F)(F)F)c2)CCOCC1. The number of benzene rings is 1. The molecule has 1 aliphatic heterocycles. The van der Waals surface area contributed by atoms with E-state index in [0.29, 0.717) is 37.4 Å². The molecule has 1 aromatic heterocycles. The van der Waals surface area contributed by atoms with Crippen LogP contribution in [0.3, 0.4) is 0 Å². The van der Waals surface area contributed by atoms with Gasteiger partial charge in [0.15, 0.2) is 0 Å². The van der Waals surface area contributed by atoms with Crippen molar-refractivity contribution < 1.29 is 22.7 Å². The highest BCUT2D eigenvalue weighted by atomic mass is 19.4. The highest BCUT2D eigenvalue weighted by Gasteiger charge is 2.44. The Morgan fingerprint density at radius 2 is 2.04 bits per heavy atom. The van der Waals surface area contributed by atoms with Crippen molar-refractivity contribution in [3.63, 3.8) is 0 Å². The Labute approximate surface area is 155 Å². The Morgan fingerprint density at radius 1 is 1.33 bits per heavy atom. The summed E-state index contributed by atoms with van der Waals surface area (Å²) in [5, 5.41) is 0. The quantitative estimate of drug-likeness (QED) is 0.818. The van der Waals surface area contributed by atoms with Crippen molar-refractivity contribution in [2.75, 3.05) is 20.3 Å².